The summed E-state index contributed by atoms with van der Waals surface area (Å²) < 4.78 is 13.5. The summed E-state index contributed by atoms with van der Waals surface area (Å²) in [6.45, 7) is 1.54. The zero-order valence-electron chi connectivity index (χ0n) is 9.05. The van der Waals surface area contributed by atoms with E-state index in [2.05, 4.69) is 4.98 Å². The van der Waals surface area contributed by atoms with Crippen LogP contribution in [0.5, 0.6) is 0 Å². The maximum atomic E-state index is 13.5. The highest BCUT2D eigenvalue weighted by Gasteiger charge is 2.14. The van der Waals surface area contributed by atoms with Crippen LogP contribution >= 0.6 is 0 Å². The lowest BCUT2D eigenvalue weighted by atomic mass is 10.1. The molecular weight excluding hydrogens is 223 g/mol. The first-order chi connectivity index (χ1) is 8.09. The highest BCUT2D eigenvalue weighted by molar-refractivity contribution is 5.66. The molecule has 2 aromatic rings. The molecule has 0 fully saturated rings. The standard InChI is InChI=1S/C12H9FN2O2/c1-8-12(15(16)17)6-9(7-14-8)10-4-2-3-5-11(10)13/h2-7H,1H3. The molecule has 1 aromatic heterocycles. The summed E-state index contributed by atoms with van der Waals surface area (Å²) in [6, 6.07) is 7.44. The molecule has 1 aromatic carbocycles. The predicted octanol–water partition coefficient (Wildman–Crippen LogP) is 3.10. The van der Waals surface area contributed by atoms with Gasteiger partial charge in [0, 0.05) is 23.4 Å². The minimum absolute atomic E-state index is 0.106. The Hall–Kier alpha value is -2.30. The summed E-state index contributed by atoms with van der Waals surface area (Å²) in [6.07, 6.45) is 1.43. The lowest BCUT2D eigenvalue weighted by molar-refractivity contribution is -0.385. The Bertz CT molecular complexity index is 584. The van der Waals surface area contributed by atoms with E-state index >= 15 is 0 Å². The van der Waals surface area contributed by atoms with Gasteiger partial charge in [0.25, 0.3) is 5.69 Å². The number of nitrogens with zero attached hydrogens (tertiary/aromatic N) is 2. The first kappa shape index (κ1) is 11.2. The normalized spacial score (nSPS) is 10.2. The minimum Gasteiger partial charge on any atom is -0.258 e. The predicted molar refractivity (Wildman–Crippen MR) is 61.0 cm³/mol. The van der Waals surface area contributed by atoms with Crippen molar-refractivity contribution in [1.82, 2.24) is 4.98 Å². The molecule has 5 heteroatoms. The highest BCUT2D eigenvalue weighted by Crippen LogP contribution is 2.26. The Kier molecular flexibility index (Phi) is 2.82. The average molecular weight is 232 g/mol. The molecule has 4 nitrogen and oxygen atoms in total. The molecule has 0 N–H and O–H groups in total. The summed E-state index contributed by atoms with van der Waals surface area (Å²) in [7, 11) is 0. The van der Waals surface area contributed by atoms with Crippen LogP contribution < -0.4 is 0 Å². The first-order valence-electron chi connectivity index (χ1n) is 4.95. The van der Waals surface area contributed by atoms with Crippen molar-refractivity contribution in [2.75, 3.05) is 0 Å². The van der Waals surface area contributed by atoms with Gasteiger partial charge in [-0.2, -0.15) is 0 Å². The molecule has 2 rings (SSSR count). The second-order valence-electron chi connectivity index (χ2n) is 3.57. The molecule has 17 heavy (non-hydrogen) atoms. The topological polar surface area (TPSA) is 56.0 Å². The van der Waals surface area contributed by atoms with Gasteiger partial charge in [0.05, 0.1) is 4.92 Å². The van der Waals surface area contributed by atoms with Crippen molar-refractivity contribution in [3.63, 3.8) is 0 Å². The summed E-state index contributed by atoms with van der Waals surface area (Å²) >= 11 is 0. The molecule has 0 amide bonds. The van der Waals surface area contributed by atoms with Crippen molar-refractivity contribution in [3.8, 4) is 11.1 Å². The lowest BCUT2D eigenvalue weighted by Crippen LogP contribution is -1.95. The SMILES string of the molecule is Cc1ncc(-c2ccccc2F)cc1[N+](=O)[O-]. The number of hydrogen-bond donors (Lipinski definition) is 0. The molecule has 1 heterocycles. The smallest absolute Gasteiger partial charge is 0.258 e. The summed E-state index contributed by atoms with van der Waals surface area (Å²) in [5.41, 5.74) is 0.921. The van der Waals surface area contributed by atoms with Crippen LogP contribution in [0.3, 0.4) is 0 Å². The van der Waals surface area contributed by atoms with Crippen LogP contribution in [0.1, 0.15) is 5.69 Å². The number of aromatic nitrogens is 1. The molecule has 0 aliphatic heterocycles. The zero-order valence-corrected chi connectivity index (χ0v) is 9.05. The number of aryl methyl sites for hydroxylation is 1. The van der Waals surface area contributed by atoms with Crippen LogP contribution in [-0.4, -0.2) is 9.91 Å². The molecule has 0 unspecified atom stereocenters. The molecule has 0 spiro atoms. The molecule has 0 saturated heterocycles. The number of rotatable bonds is 2. The van der Waals surface area contributed by atoms with Gasteiger partial charge in [-0.3, -0.25) is 15.1 Å². The van der Waals surface area contributed by atoms with Gasteiger partial charge in [0.1, 0.15) is 11.5 Å². The first-order valence-corrected chi connectivity index (χ1v) is 4.95. The van der Waals surface area contributed by atoms with Crippen molar-refractivity contribution in [3.05, 3.63) is 58.2 Å². The Morgan fingerprint density at radius 2 is 2.06 bits per heavy atom. The lowest BCUT2D eigenvalue weighted by Gasteiger charge is -2.03. The second kappa shape index (κ2) is 4.29. The van der Waals surface area contributed by atoms with Crippen LogP contribution in [0.15, 0.2) is 36.5 Å². The Labute approximate surface area is 96.9 Å². The van der Waals surface area contributed by atoms with Crippen molar-refractivity contribution in [2.45, 2.75) is 6.92 Å². The van der Waals surface area contributed by atoms with Gasteiger partial charge in [0.15, 0.2) is 0 Å². The largest absolute Gasteiger partial charge is 0.291 e. The summed E-state index contributed by atoms with van der Waals surface area (Å²) in [4.78, 5) is 14.2. The van der Waals surface area contributed by atoms with Gasteiger partial charge in [-0.05, 0) is 13.0 Å². The maximum Gasteiger partial charge on any atom is 0.291 e. The van der Waals surface area contributed by atoms with Crippen LogP contribution in [0.4, 0.5) is 10.1 Å². The molecule has 0 bridgehead atoms. The molecule has 86 valence electrons. The van der Waals surface area contributed by atoms with Crippen molar-refractivity contribution in [2.24, 2.45) is 0 Å². The van der Waals surface area contributed by atoms with E-state index in [-0.39, 0.29) is 5.69 Å². The van der Waals surface area contributed by atoms with Crippen LogP contribution in [0.2, 0.25) is 0 Å². The number of nitro groups is 1. The van der Waals surface area contributed by atoms with Gasteiger partial charge >= 0.3 is 0 Å². The molecular formula is C12H9FN2O2. The van der Waals surface area contributed by atoms with Crippen LogP contribution in [0.25, 0.3) is 11.1 Å². The highest BCUT2D eigenvalue weighted by atomic mass is 19.1. The number of hydrogen-bond acceptors (Lipinski definition) is 3. The van der Waals surface area contributed by atoms with Gasteiger partial charge in [-0.1, -0.05) is 18.2 Å². The fourth-order valence-corrected chi connectivity index (χ4v) is 1.55. The van der Waals surface area contributed by atoms with Crippen molar-refractivity contribution in [1.29, 1.82) is 0 Å². The molecule has 0 aliphatic carbocycles. The molecule has 0 atom stereocenters. The average Bonchev–Trinajstić information content (AvgIpc) is 2.30. The Balaban J connectivity index is 2.58. The van der Waals surface area contributed by atoms with Gasteiger partial charge in [-0.25, -0.2) is 4.39 Å². The second-order valence-corrected chi connectivity index (χ2v) is 3.57. The third-order valence-corrected chi connectivity index (χ3v) is 2.44. The zero-order chi connectivity index (χ0) is 12.4. The number of halogens is 1. The van der Waals surface area contributed by atoms with E-state index in [9.17, 15) is 14.5 Å². The van der Waals surface area contributed by atoms with E-state index in [1.165, 1.54) is 18.3 Å². The van der Waals surface area contributed by atoms with E-state index in [0.29, 0.717) is 16.8 Å². The van der Waals surface area contributed by atoms with E-state index in [0.717, 1.165) is 0 Å². The van der Waals surface area contributed by atoms with Crippen LogP contribution in [-0.2, 0) is 0 Å². The minimum atomic E-state index is -0.521. The molecule has 0 aliphatic rings. The fraction of sp³-hybridized carbons (Fsp3) is 0.0833. The van der Waals surface area contributed by atoms with Crippen molar-refractivity contribution < 1.29 is 9.31 Å². The third kappa shape index (κ3) is 2.13. The number of benzene rings is 1. The monoisotopic (exact) mass is 232 g/mol. The molecule has 0 saturated carbocycles. The van der Waals surface area contributed by atoms with Crippen molar-refractivity contribution >= 4 is 5.69 Å². The quantitative estimate of drug-likeness (QED) is 0.590. The Morgan fingerprint density at radius 3 is 2.71 bits per heavy atom. The summed E-state index contributed by atoms with van der Waals surface area (Å²) in [5.74, 6) is -0.424. The van der Waals surface area contributed by atoms with Gasteiger partial charge < -0.3 is 0 Å². The maximum absolute atomic E-state index is 13.5. The fourth-order valence-electron chi connectivity index (χ4n) is 1.55. The summed E-state index contributed by atoms with van der Waals surface area (Å²) in [5, 5.41) is 10.8. The molecule has 0 radical (unpaired) electrons. The van der Waals surface area contributed by atoms with E-state index in [1.807, 2.05) is 0 Å². The van der Waals surface area contributed by atoms with Crippen LogP contribution in [0, 0.1) is 22.9 Å². The van der Waals surface area contributed by atoms with Gasteiger partial charge in [0.2, 0.25) is 0 Å². The van der Waals surface area contributed by atoms with E-state index < -0.39 is 10.7 Å². The van der Waals surface area contributed by atoms with Gasteiger partial charge in [-0.15, -0.1) is 0 Å². The third-order valence-electron chi connectivity index (χ3n) is 2.44. The number of pyridine rings is 1. The van der Waals surface area contributed by atoms with E-state index in [1.54, 1.807) is 25.1 Å². The van der Waals surface area contributed by atoms with E-state index in [4.69, 9.17) is 0 Å². The Morgan fingerprint density at radius 1 is 1.35 bits per heavy atom.